The van der Waals surface area contributed by atoms with Crippen LogP contribution in [-0.2, 0) is 9.53 Å². The number of hydrogen-bond acceptors (Lipinski definition) is 7. The summed E-state index contributed by atoms with van der Waals surface area (Å²) >= 11 is 0. The predicted molar refractivity (Wildman–Crippen MR) is 286 cm³/mol. The summed E-state index contributed by atoms with van der Waals surface area (Å²) in [6.45, 7) is 32.0. The molecule has 4 aliphatic rings. The van der Waals surface area contributed by atoms with Crippen LogP contribution in [0.1, 0.15) is 218 Å². The molecule has 3 amide bonds. The van der Waals surface area contributed by atoms with Crippen molar-refractivity contribution in [2.45, 2.75) is 240 Å². The van der Waals surface area contributed by atoms with Crippen molar-refractivity contribution in [2.75, 3.05) is 31.9 Å². The molecule has 4 N–H and O–H groups in total. The first kappa shape index (κ1) is 58.0. The third kappa shape index (κ3) is 15.7. The Labute approximate surface area is 419 Å². The van der Waals surface area contributed by atoms with Crippen LogP contribution in [0.2, 0.25) is 0 Å². The van der Waals surface area contributed by atoms with Crippen LogP contribution in [0.5, 0.6) is 0 Å². The van der Waals surface area contributed by atoms with Crippen molar-refractivity contribution in [1.82, 2.24) is 20.9 Å². The highest BCUT2D eigenvalue weighted by molar-refractivity contribution is 8.76. The maximum Gasteiger partial charge on any atom is 0.408 e. The van der Waals surface area contributed by atoms with Crippen molar-refractivity contribution < 1.29 is 24.2 Å². The van der Waals surface area contributed by atoms with Crippen molar-refractivity contribution in [3.8, 4) is 0 Å². The lowest BCUT2D eigenvalue weighted by atomic mass is 9.47. The minimum absolute atomic E-state index is 0.195. The first-order valence-electron chi connectivity index (χ1n) is 27.6. The SMILES string of the molecule is CCC(CCC(C)[C@H]1CC[C@H]2[C@@H]3CC=C4C[C@@H](SSCCC(=O)N(CCCCNCCC(CC)(CC)NC(=O)O)CCC(CC)(CC)NC(=O)OC(C)(C)C)CC[C@]4(C)[C@H]3CC[C@]12C)C(C)C. The Balaban J connectivity index is 1.30. The molecule has 0 aromatic carbocycles. The maximum absolute atomic E-state index is 14.1. The molecule has 3 saturated carbocycles. The minimum Gasteiger partial charge on any atom is -0.465 e. The van der Waals surface area contributed by atoms with Gasteiger partial charge in [-0.2, -0.15) is 0 Å². The molecule has 4 aliphatic carbocycles. The lowest BCUT2D eigenvalue weighted by Gasteiger charge is -2.58. The molecule has 0 bridgehead atoms. The van der Waals surface area contributed by atoms with Crippen LogP contribution in [0.4, 0.5) is 9.59 Å². The Hall–Kier alpha value is -1.59. The molecule has 2 unspecified atom stereocenters. The zero-order valence-corrected chi connectivity index (χ0v) is 46.9. The standard InChI is InChI=1S/C56H102N4O5S2/c1-14-42(40(6)7)22-21-41(8)46-25-26-47-45-24-23-43-39-44(27-30-53(43,12)48(45)28-31-54(46,47)13)67-66-38-29-49(61)60(37-33-56(17-4,18-5)59-51(64)65-52(9,10)11)36-20-19-34-57-35-32-55(15-2,16-3)58-50(62)63/h23,40-42,44-48,57-58H,14-22,24-39H2,1-13H3,(H,59,64)(H,62,63)/t41?,42?,44-,45-,46+,47-,48-,53-,54+/m0/s1. The molecule has 0 aliphatic heterocycles. The fraction of sp³-hybridized carbons (Fsp3) is 0.911. The van der Waals surface area contributed by atoms with Crippen LogP contribution in [0.25, 0.3) is 0 Å². The van der Waals surface area contributed by atoms with E-state index in [-0.39, 0.29) is 5.91 Å². The number of nitrogens with one attached hydrogen (secondary N) is 3. The average Bonchev–Trinajstić information content (AvgIpc) is 3.64. The fourth-order valence-electron chi connectivity index (χ4n) is 14.0. The second-order valence-electron chi connectivity index (χ2n) is 23.9. The van der Waals surface area contributed by atoms with Gasteiger partial charge in [-0.05, 0) is 195 Å². The monoisotopic (exact) mass is 975 g/mol. The van der Waals surface area contributed by atoms with Crippen LogP contribution in [0.3, 0.4) is 0 Å². The van der Waals surface area contributed by atoms with Gasteiger partial charge in [0.2, 0.25) is 5.91 Å². The van der Waals surface area contributed by atoms with Gasteiger partial charge in [0.25, 0.3) is 0 Å². The lowest BCUT2D eigenvalue weighted by Crippen LogP contribution is -2.51. The van der Waals surface area contributed by atoms with E-state index in [0.717, 1.165) is 105 Å². The summed E-state index contributed by atoms with van der Waals surface area (Å²) in [6, 6.07) is 0. The lowest BCUT2D eigenvalue weighted by molar-refractivity contribution is -0.131. The van der Waals surface area contributed by atoms with Crippen molar-refractivity contribution in [3.05, 3.63) is 11.6 Å². The maximum atomic E-state index is 14.1. The number of carbonyl (C=O) groups excluding carboxylic acids is 2. The van der Waals surface area contributed by atoms with Gasteiger partial charge in [-0.25, -0.2) is 9.59 Å². The molecule has 4 rings (SSSR count). The summed E-state index contributed by atoms with van der Waals surface area (Å²) in [5, 5.41) is 19.5. The van der Waals surface area contributed by atoms with Crippen molar-refractivity contribution >= 4 is 39.7 Å². The van der Waals surface area contributed by atoms with Crippen LogP contribution in [-0.4, -0.2) is 82.0 Å². The molecule has 388 valence electrons. The Morgan fingerprint density at radius 3 is 2.16 bits per heavy atom. The topological polar surface area (TPSA) is 120 Å². The molecule has 3 fully saturated rings. The van der Waals surface area contributed by atoms with Crippen LogP contribution in [0, 0.1) is 52.3 Å². The number of nitrogens with zero attached hydrogens (tertiary/aromatic N) is 1. The van der Waals surface area contributed by atoms with Gasteiger partial charge in [0.05, 0.1) is 0 Å². The summed E-state index contributed by atoms with van der Waals surface area (Å²) < 4.78 is 5.66. The number of rotatable bonds is 28. The number of fused-ring (bicyclic) bond motifs is 5. The Bertz CT molecular complexity index is 1580. The fourth-order valence-corrected chi connectivity index (χ4v) is 16.6. The molecule has 0 aromatic heterocycles. The number of allylic oxidation sites excluding steroid dienone is 2. The van der Waals surface area contributed by atoms with Gasteiger partial charge < -0.3 is 30.7 Å². The molecule has 0 heterocycles. The van der Waals surface area contributed by atoms with Crippen molar-refractivity contribution in [2.24, 2.45) is 52.3 Å². The number of unbranched alkanes of at least 4 members (excludes halogenated alkanes) is 1. The number of carbonyl (C=O) groups is 3. The molecule has 0 radical (unpaired) electrons. The second kappa shape index (κ2) is 26.2. The van der Waals surface area contributed by atoms with Gasteiger partial charge in [-0.1, -0.05) is 115 Å². The van der Waals surface area contributed by atoms with Gasteiger partial charge in [0.1, 0.15) is 5.60 Å². The van der Waals surface area contributed by atoms with Crippen LogP contribution in [0.15, 0.2) is 11.6 Å². The highest BCUT2D eigenvalue weighted by Crippen LogP contribution is 2.68. The van der Waals surface area contributed by atoms with E-state index < -0.39 is 28.9 Å². The van der Waals surface area contributed by atoms with E-state index in [1.807, 2.05) is 61.1 Å². The van der Waals surface area contributed by atoms with E-state index in [1.54, 1.807) is 5.57 Å². The van der Waals surface area contributed by atoms with E-state index in [4.69, 9.17) is 4.74 Å². The average molecular weight is 976 g/mol. The first-order valence-corrected chi connectivity index (χ1v) is 30.0. The molecule has 9 nitrogen and oxygen atoms in total. The van der Waals surface area contributed by atoms with E-state index >= 15 is 0 Å². The largest absolute Gasteiger partial charge is 0.465 e. The third-order valence-electron chi connectivity index (χ3n) is 18.8. The number of ether oxygens (including phenoxy) is 1. The summed E-state index contributed by atoms with van der Waals surface area (Å²) in [6.07, 6.45) is 23.1. The number of amides is 3. The van der Waals surface area contributed by atoms with E-state index in [0.29, 0.717) is 42.0 Å². The van der Waals surface area contributed by atoms with Gasteiger partial charge in [0, 0.05) is 41.6 Å². The first-order chi connectivity index (χ1) is 31.6. The van der Waals surface area contributed by atoms with E-state index in [1.165, 1.54) is 70.6 Å². The number of hydrogen-bond donors (Lipinski definition) is 4. The minimum atomic E-state index is -0.968. The summed E-state index contributed by atoms with van der Waals surface area (Å²) in [5.74, 6) is 6.98. The quantitative estimate of drug-likeness (QED) is 0.0348. The zero-order chi connectivity index (χ0) is 49.6. The van der Waals surface area contributed by atoms with Crippen LogP contribution >= 0.6 is 21.6 Å². The molecule has 11 heteroatoms. The predicted octanol–water partition coefficient (Wildman–Crippen LogP) is 14.7. The molecule has 0 saturated heterocycles. The Morgan fingerprint density at radius 1 is 0.851 bits per heavy atom. The van der Waals surface area contributed by atoms with Gasteiger partial charge in [0.15, 0.2) is 0 Å². The van der Waals surface area contributed by atoms with Gasteiger partial charge in [-0.3, -0.25) is 4.79 Å². The second-order valence-corrected chi connectivity index (χ2v) is 26.6. The summed E-state index contributed by atoms with van der Waals surface area (Å²) in [7, 11) is 3.93. The molecular formula is C56H102N4O5S2. The molecule has 67 heavy (non-hydrogen) atoms. The van der Waals surface area contributed by atoms with Gasteiger partial charge in [-0.15, -0.1) is 0 Å². The highest BCUT2D eigenvalue weighted by atomic mass is 33.1. The van der Waals surface area contributed by atoms with Crippen molar-refractivity contribution in [1.29, 1.82) is 0 Å². The number of carboxylic acid groups (broad SMARTS) is 1. The number of alkyl carbamates (subject to hydrolysis) is 1. The molecule has 9 atom stereocenters. The normalized spacial score (nSPS) is 27.3. The van der Waals surface area contributed by atoms with Crippen LogP contribution < -0.4 is 16.0 Å². The molecular weight excluding hydrogens is 873 g/mol. The zero-order valence-electron chi connectivity index (χ0n) is 45.2. The van der Waals surface area contributed by atoms with E-state index in [2.05, 4.69) is 77.4 Å². The Morgan fingerprint density at radius 2 is 1.54 bits per heavy atom. The van der Waals surface area contributed by atoms with Crippen molar-refractivity contribution in [3.63, 3.8) is 0 Å². The smallest absolute Gasteiger partial charge is 0.408 e. The van der Waals surface area contributed by atoms with E-state index in [9.17, 15) is 19.5 Å². The molecule has 0 spiro atoms. The highest BCUT2D eigenvalue weighted by Gasteiger charge is 2.59. The summed E-state index contributed by atoms with van der Waals surface area (Å²) in [4.78, 5) is 40.5. The third-order valence-corrected chi connectivity index (χ3v) is 21.7. The summed E-state index contributed by atoms with van der Waals surface area (Å²) in [5.41, 5.74) is 1.18. The van der Waals surface area contributed by atoms with Gasteiger partial charge >= 0.3 is 12.2 Å². The Kier molecular flexibility index (Phi) is 22.7. The molecule has 0 aromatic rings.